The molecular formula is C36H38N6O3. The average molecular weight is 603 g/mol. The Morgan fingerprint density at radius 3 is 2.49 bits per heavy atom. The molecule has 0 radical (unpaired) electrons. The molecule has 1 N–H and O–H groups in total. The van der Waals surface area contributed by atoms with E-state index in [0.717, 1.165) is 37.4 Å². The molecule has 2 aromatic heterocycles. The van der Waals surface area contributed by atoms with Crippen LogP contribution in [0.3, 0.4) is 0 Å². The van der Waals surface area contributed by atoms with Crippen molar-refractivity contribution < 1.29 is 9.59 Å². The summed E-state index contributed by atoms with van der Waals surface area (Å²) in [6, 6.07) is 23.2. The lowest BCUT2D eigenvalue weighted by molar-refractivity contribution is 0.0726. The van der Waals surface area contributed by atoms with Crippen LogP contribution in [0.2, 0.25) is 0 Å². The minimum atomic E-state index is -0.252. The number of hydrogen-bond acceptors (Lipinski definition) is 6. The van der Waals surface area contributed by atoms with E-state index in [-0.39, 0.29) is 29.3 Å². The number of piperidine rings is 1. The Labute approximate surface area is 263 Å². The highest BCUT2D eigenvalue weighted by Gasteiger charge is 2.36. The number of aromatic nitrogens is 2. The first-order valence-corrected chi connectivity index (χ1v) is 15.8. The minimum Gasteiger partial charge on any atom is -0.369 e. The average Bonchev–Trinajstić information content (AvgIpc) is 3.05. The summed E-state index contributed by atoms with van der Waals surface area (Å²) in [5, 5.41) is 3.12. The highest BCUT2D eigenvalue weighted by atomic mass is 16.2. The van der Waals surface area contributed by atoms with Crippen molar-refractivity contribution in [3.63, 3.8) is 0 Å². The van der Waals surface area contributed by atoms with Crippen molar-refractivity contribution in [2.75, 3.05) is 47.8 Å². The van der Waals surface area contributed by atoms with Gasteiger partial charge in [-0.1, -0.05) is 18.2 Å². The van der Waals surface area contributed by atoms with Crippen LogP contribution in [0.4, 0.5) is 17.1 Å². The molecule has 7 rings (SSSR count). The third-order valence-corrected chi connectivity index (χ3v) is 9.50. The fourth-order valence-electron chi connectivity index (χ4n) is 7.35. The lowest BCUT2D eigenvalue weighted by Gasteiger charge is -2.44. The topological polar surface area (TPSA) is 90.8 Å². The molecular weight excluding hydrogens is 564 g/mol. The molecule has 2 fully saturated rings. The van der Waals surface area contributed by atoms with Gasteiger partial charge in [-0.3, -0.25) is 19.4 Å². The summed E-state index contributed by atoms with van der Waals surface area (Å²) in [4.78, 5) is 50.5. The van der Waals surface area contributed by atoms with E-state index in [4.69, 9.17) is 0 Å². The lowest BCUT2D eigenvalue weighted by atomic mass is 9.83. The Morgan fingerprint density at radius 1 is 0.867 bits per heavy atom. The van der Waals surface area contributed by atoms with Crippen molar-refractivity contribution in [1.82, 2.24) is 14.5 Å². The zero-order chi connectivity index (χ0) is 31.1. The maximum absolute atomic E-state index is 13.9. The van der Waals surface area contributed by atoms with Gasteiger partial charge in [0.05, 0.1) is 11.4 Å². The number of pyridine rings is 2. The van der Waals surface area contributed by atoms with E-state index in [0.29, 0.717) is 42.4 Å². The molecule has 0 aliphatic carbocycles. The summed E-state index contributed by atoms with van der Waals surface area (Å²) in [5.74, 6) is 0.230. The van der Waals surface area contributed by atoms with Crippen LogP contribution in [0.15, 0.2) is 90.0 Å². The van der Waals surface area contributed by atoms with Gasteiger partial charge in [-0.05, 0) is 80.3 Å². The molecule has 3 atom stereocenters. The molecule has 2 amide bonds. The van der Waals surface area contributed by atoms with Gasteiger partial charge in [0.25, 0.3) is 17.4 Å². The Morgan fingerprint density at radius 2 is 1.69 bits per heavy atom. The van der Waals surface area contributed by atoms with Crippen LogP contribution in [0.5, 0.6) is 0 Å². The van der Waals surface area contributed by atoms with E-state index in [1.807, 2.05) is 33.7 Å². The molecule has 5 heterocycles. The van der Waals surface area contributed by atoms with Crippen LogP contribution >= 0.6 is 0 Å². The highest BCUT2D eigenvalue weighted by Crippen LogP contribution is 2.39. The summed E-state index contributed by atoms with van der Waals surface area (Å²) in [7, 11) is 0. The van der Waals surface area contributed by atoms with Crippen LogP contribution < -0.4 is 20.7 Å². The zero-order valence-corrected chi connectivity index (χ0v) is 25.7. The fraction of sp³-hybridized carbons (Fsp3) is 0.333. The third-order valence-electron chi connectivity index (χ3n) is 9.50. The second-order valence-electron chi connectivity index (χ2n) is 12.7. The number of rotatable bonds is 5. The lowest BCUT2D eigenvalue weighted by Crippen LogP contribution is -2.53. The van der Waals surface area contributed by atoms with Crippen LogP contribution in [-0.4, -0.2) is 65.0 Å². The molecule has 45 heavy (non-hydrogen) atoms. The second-order valence-corrected chi connectivity index (χ2v) is 12.7. The van der Waals surface area contributed by atoms with Gasteiger partial charge in [0.2, 0.25) is 0 Å². The number of fused-ring (bicyclic) bond motifs is 4. The monoisotopic (exact) mass is 602 g/mol. The summed E-state index contributed by atoms with van der Waals surface area (Å²) in [6.45, 7) is 8.41. The number of benzene rings is 2. The number of hydrogen-bond donors (Lipinski definition) is 1. The van der Waals surface area contributed by atoms with Gasteiger partial charge >= 0.3 is 0 Å². The van der Waals surface area contributed by atoms with Gasteiger partial charge in [-0.25, -0.2) is 0 Å². The zero-order valence-electron chi connectivity index (χ0n) is 25.7. The van der Waals surface area contributed by atoms with Crippen LogP contribution in [0.1, 0.15) is 51.2 Å². The number of carbonyl (C=O) groups excluding carboxylic acids is 2. The second kappa shape index (κ2) is 11.9. The predicted octanol–water partition coefficient (Wildman–Crippen LogP) is 4.78. The molecule has 9 nitrogen and oxygen atoms in total. The summed E-state index contributed by atoms with van der Waals surface area (Å²) >= 11 is 0. The number of carbonyl (C=O) groups is 2. The Kier molecular flexibility index (Phi) is 7.61. The van der Waals surface area contributed by atoms with Gasteiger partial charge in [0, 0.05) is 92.2 Å². The van der Waals surface area contributed by atoms with Crippen molar-refractivity contribution >= 4 is 28.9 Å². The maximum Gasteiger partial charge on any atom is 0.255 e. The SMILES string of the molecule is Cc1cccc(N2CCN(C(=O)c3ccc(N4CC5CC(C4)c4cccc(=O)n4C5)c(NC(=O)c4ccncc4)c3)CC2C)c1. The van der Waals surface area contributed by atoms with E-state index in [1.54, 1.807) is 30.6 Å². The molecule has 3 aliphatic heterocycles. The van der Waals surface area contributed by atoms with E-state index in [9.17, 15) is 14.4 Å². The number of nitrogens with one attached hydrogen (secondary N) is 1. The fourth-order valence-corrected chi connectivity index (χ4v) is 7.35. The quantitative estimate of drug-likeness (QED) is 0.354. The molecule has 0 saturated carbocycles. The molecule has 4 aromatic rings. The largest absolute Gasteiger partial charge is 0.369 e. The first-order chi connectivity index (χ1) is 21.8. The first-order valence-electron chi connectivity index (χ1n) is 15.8. The predicted molar refractivity (Wildman–Crippen MR) is 176 cm³/mol. The van der Waals surface area contributed by atoms with Gasteiger partial charge in [-0.15, -0.1) is 0 Å². The third kappa shape index (κ3) is 5.70. The molecule has 2 aromatic carbocycles. The van der Waals surface area contributed by atoms with Gasteiger partial charge < -0.3 is 24.6 Å². The molecule has 3 aliphatic rings. The summed E-state index contributed by atoms with van der Waals surface area (Å²) in [5.41, 5.74) is 6.06. The van der Waals surface area contributed by atoms with Crippen LogP contribution in [-0.2, 0) is 6.54 Å². The van der Waals surface area contributed by atoms with Crippen LogP contribution in [0.25, 0.3) is 0 Å². The molecule has 2 saturated heterocycles. The molecule has 2 bridgehead atoms. The minimum absolute atomic E-state index is 0.0412. The summed E-state index contributed by atoms with van der Waals surface area (Å²) < 4.78 is 1.92. The van der Waals surface area contributed by atoms with E-state index >= 15 is 0 Å². The van der Waals surface area contributed by atoms with Gasteiger partial charge in [0.1, 0.15) is 0 Å². The number of aryl methyl sites for hydroxylation is 1. The maximum atomic E-state index is 13.9. The van der Waals surface area contributed by atoms with E-state index in [2.05, 4.69) is 64.3 Å². The van der Waals surface area contributed by atoms with Crippen LogP contribution in [0, 0.1) is 12.8 Å². The van der Waals surface area contributed by atoms with Crippen molar-refractivity contribution in [1.29, 1.82) is 0 Å². The first kappa shape index (κ1) is 28.8. The van der Waals surface area contributed by atoms with E-state index in [1.165, 1.54) is 11.3 Å². The van der Waals surface area contributed by atoms with Gasteiger partial charge in [0.15, 0.2) is 0 Å². The highest BCUT2D eigenvalue weighted by molar-refractivity contribution is 6.07. The standard InChI is InChI=1S/C36H38N6O3/c1-24-5-3-6-30(17-24)41-16-15-39(20-25(41)2)36(45)28-9-10-33(31(19-28)38-35(44)27-11-13-37-14-12-27)40-21-26-18-29(23-40)32-7-4-8-34(43)42(32)22-26/h3-14,17,19,25-26,29H,15-16,18,20-23H2,1-2H3,(H,38,44). The number of nitrogens with zero attached hydrogens (tertiary/aromatic N) is 5. The molecule has 3 unspecified atom stereocenters. The number of piperazine rings is 1. The Hall–Kier alpha value is -4.92. The van der Waals surface area contributed by atoms with Crippen molar-refractivity contribution in [2.45, 2.75) is 38.8 Å². The Balaban J connectivity index is 1.16. The number of amides is 2. The molecule has 9 heteroatoms. The van der Waals surface area contributed by atoms with Gasteiger partial charge in [-0.2, -0.15) is 0 Å². The van der Waals surface area contributed by atoms with Crippen molar-refractivity contribution in [3.05, 3.63) is 118 Å². The smallest absolute Gasteiger partial charge is 0.255 e. The molecule has 230 valence electrons. The molecule has 0 spiro atoms. The van der Waals surface area contributed by atoms with Crippen molar-refractivity contribution in [3.8, 4) is 0 Å². The Bertz CT molecular complexity index is 1800. The van der Waals surface area contributed by atoms with Crippen molar-refractivity contribution in [2.24, 2.45) is 5.92 Å². The normalized spacial score (nSPS) is 20.8. The van der Waals surface area contributed by atoms with E-state index < -0.39 is 0 Å². The summed E-state index contributed by atoms with van der Waals surface area (Å²) in [6.07, 6.45) is 4.22. The number of anilines is 3.